The number of carbonyl (C=O) groups excluding carboxylic acids is 1. The lowest BCUT2D eigenvalue weighted by atomic mass is 10.2. The Hall–Kier alpha value is -0.590. The van der Waals surface area contributed by atoms with Gasteiger partial charge in [-0.1, -0.05) is 0 Å². The zero-order valence-corrected chi connectivity index (χ0v) is 14.9. The third kappa shape index (κ3) is 6.24. The van der Waals surface area contributed by atoms with Gasteiger partial charge in [0.1, 0.15) is 5.60 Å². The Labute approximate surface area is 133 Å². The van der Waals surface area contributed by atoms with Gasteiger partial charge >= 0.3 is 6.09 Å². The van der Waals surface area contributed by atoms with Gasteiger partial charge in [0.15, 0.2) is 0 Å². The third-order valence-electron chi connectivity index (χ3n) is 2.57. The number of ether oxygens (including phenoxy) is 1. The summed E-state index contributed by atoms with van der Waals surface area (Å²) in [6, 6.07) is 2.04. The Balaban J connectivity index is 2.31. The monoisotopic (exact) mass is 362 g/mol. The maximum absolute atomic E-state index is 11.9. The van der Waals surface area contributed by atoms with Crippen LogP contribution in [0.25, 0.3) is 0 Å². The van der Waals surface area contributed by atoms with Gasteiger partial charge in [-0.25, -0.2) is 4.79 Å². The van der Waals surface area contributed by atoms with Crippen LogP contribution >= 0.6 is 27.3 Å². The summed E-state index contributed by atoms with van der Waals surface area (Å²) in [4.78, 5) is 14.9. The summed E-state index contributed by atoms with van der Waals surface area (Å²) < 4.78 is 6.50. The first-order valence-electron chi connectivity index (χ1n) is 6.74. The minimum absolute atomic E-state index is 0.251. The fraction of sp³-hybridized carbons (Fsp3) is 0.643. The number of rotatable bonds is 6. The van der Waals surface area contributed by atoms with Crippen molar-refractivity contribution in [1.82, 2.24) is 10.2 Å². The molecule has 114 valence electrons. The fourth-order valence-electron chi connectivity index (χ4n) is 1.57. The summed E-state index contributed by atoms with van der Waals surface area (Å²) in [5.41, 5.74) is -0.445. The molecule has 1 N–H and O–H groups in total. The van der Waals surface area contributed by atoms with E-state index in [4.69, 9.17) is 4.74 Å². The van der Waals surface area contributed by atoms with Crippen LogP contribution in [0, 0.1) is 0 Å². The number of hydrogen-bond acceptors (Lipinski definition) is 4. The predicted octanol–water partition coefficient (Wildman–Crippen LogP) is 3.86. The lowest BCUT2D eigenvalue weighted by Gasteiger charge is -2.26. The molecule has 0 fully saturated rings. The lowest BCUT2D eigenvalue weighted by molar-refractivity contribution is 0.0262. The van der Waals surface area contributed by atoms with E-state index in [0.717, 1.165) is 17.6 Å². The molecule has 1 amide bonds. The van der Waals surface area contributed by atoms with Crippen molar-refractivity contribution in [2.45, 2.75) is 39.8 Å². The highest BCUT2D eigenvalue weighted by molar-refractivity contribution is 9.10. The minimum atomic E-state index is -0.445. The SMILES string of the molecule is CCN(CCNCc1sccc1Br)C(=O)OC(C)(C)C. The first kappa shape index (κ1) is 17.5. The maximum atomic E-state index is 11.9. The van der Waals surface area contributed by atoms with Crippen molar-refractivity contribution >= 4 is 33.4 Å². The Morgan fingerprint density at radius 3 is 2.70 bits per heavy atom. The van der Waals surface area contributed by atoms with Crippen LogP contribution in [0.5, 0.6) is 0 Å². The van der Waals surface area contributed by atoms with Gasteiger partial charge in [0, 0.05) is 35.5 Å². The van der Waals surface area contributed by atoms with E-state index in [2.05, 4.69) is 26.6 Å². The van der Waals surface area contributed by atoms with Gasteiger partial charge in [-0.2, -0.15) is 0 Å². The topological polar surface area (TPSA) is 41.6 Å². The smallest absolute Gasteiger partial charge is 0.410 e. The van der Waals surface area contributed by atoms with Crippen molar-refractivity contribution in [3.63, 3.8) is 0 Å². The molecule has 6 heteroatoms. The van der Waals surface area contributed by atoms with E-state index in [0.29, 0.717) is 13.1 Å². The molecule has 0 saturated heterocycles. The normalized spacial score (nSPS) is 11.4. The maximum Gasteiger partial charge on any atom is 0.410 e. The van der Waals surface area contributed by atoms with Gasteiger partial charge in [-0.05, 0) is 55.1 Å². The number of amides is 1. The Bertz CT molecular complexity index is 429. The number of thiophene rings is 1. The van der Waals surface area contributed by atoms with Crippen LogP contribution in [0.15, 0.2) is 15.9 Å². The highest BCUT2D eigenvalue weighted by atomic mass is 79.9. The second-order valence-corrected chi connectivity index (χ2v) is 7.28. The molecule has 0 aliphatic carbocycles. The summed E-state index contributed by atoms with van der Waals surface area (Å²) in [6.45, 7) is 10.5. The van der Waals surface area contributed by atoms with Gasteiger partial charge in [0.2, 0.25) is 0 Å². The summed E-state index contributed by atoms with van der Waals surface area (Å²) in [6.07, 6.45) is -0.251. The van der Waals surface area contributed by atoms with E-state index < -0.39 is 5.60 Å². The molecule has 4 nitrogen and oxygen atoms in total. The van der Waals surface area contributed by atoms with Crippen LogP contribution in [0.2, 0.25) is 0 Å². The van der Waals surface area contributed by atoms with Crippen molar-refractivity contribution < 1.29 is 9.53 Å². The zero-order valence-electron chi connectivity index (χ0n) is 12.5. The molecule has 0 aliphatic rings. The van der Waals surface area contributed by atoms with Crippen LogP contribution in [-0.2, 0) is 11.3 Å². The molecule has 1 rings (SSSR count). The summed E-state index contributed by atoms with van der Waals surface area (Å²) >= 11 is 5.22. The van der Waals surface area contributed by atoms with Gasteiger partial charge in [0.05, 0.1) is 0 Å². The molecule has 0 bridgehead atoms. The van der Waals surface area contributed by atoms with Crippen molar-refractivity contribution in [3.05, 3.63) is 20.8 Å². The molecule has 0 radical (unpaired) electrons. The average Bonchev–Trinajstić information content (AvgIpc) is 2.72. The van der Waals surface area contributed by atoms with Gasteiger partial charge in [-0.3, -0.25) is 0 Å². The van der Waals surface area contributed by atoms with Crippen molar-refractivity contribution in [1.29, 1.82) is 0 Å². The molecule has 0 aliphatic heterocycles. The first-order chi connectivity index (χ1) is 9.33. The van der Waals surface area contributed by atoms with Crippen molar-refractivity contribution in [2.24, 2.45) is 0 Å². The second kappa shape index (κ2) is 8.00. The van der Waals surface area contributed by atoms with Crippen LogP contribution in [0.3, 0.4) is 0 Å². The molecule has 0 saturated carbocycles. The van der Waals surface area contributed by atoms with E-state index in [1.807, 2.05) is 33.8 Å². The first-order valence-corrected chi connectivity index (χ1v) is 8.41. The number of likely N-dealkylation sites (N-methyl/N-ethyl adjacent to an activating group) is 1. The molecule has 0 unspecified atom stereocenters. The molecule has 0 spiro atoms. The number of carbonyl (C=O) groups is 1. The van der Waals surface area contributed by atoms with Crippen LogP contribution in [0.4, 0.5) is 4.79 Å². The number of nitrogens with one attached hydrogen (secondary N) is 1. The quantitative estimate of drug-likeness (QED) is 0.781. The molecule has 1 aromatic heterocycles. The number of hydrogen-bond donors (Lipinski definition) is 1. The minimum Gasteiger partial charge on any atom is -0.444 e. The van der Waals surface area contributed by atoms with Gasteiger partial charge < -0.3 is 15.0 Å². The zero-order chi connectivity index (χ0) is 15.2. The molecule has 20 heavy (non-hydrogen) atoms. The fourth-order valence-corrected chi connectivity index (χ4v) is 3.03. The molecular formula is C14H23BrN2O2S. The van der Waals surface area contributed by atoms with Crippen LogP contribution < -0.4 is 5.32 Å². The molecule has 0 aromatic carbocycles. The molecule has 1 heterocycles. The molecular weight excluding hydrogens is 340 g/mol. The Kier molecular flexibility index (Phi) is 6.99. The average molecular weight is 363 g/mol. The summed E-state index contributed by atoms with van der Waals surface area (Å²) in [5, 5.41) is 5.40. The summed E-state index contributed by atoms with van der Waals surface area (Å²) in [5.74, 6) is 0. The van der Waals surface area contributed by atoms with E-state index >= 15 is 0 Å². The highest BCUT2D eigenvalue weighted by Gasteiger charge is 2.20. The van der Waals surface area contributed by atoms with Gasteiger partial charge in [-0.15, -0.1) is 11.3 Å². The second-order valence-electron chi connectivity index (χ2n) is 5.43. The Morgan fingerprint density at radius 1 is 1.50 bits per heavy atom. The van der Waals surface area contributed by atoms with E-state index in [1.54, 1.807) is 16.2 Å². The van der Waals surface area contributed by atoms with Crippen LogP contribution in [0.1, 0.15) is 32.6 Å². The van der Waals surface area contributed by atoms with E-state index in [9.17, 15) is 4.79 Å². The number of nitrogens with zero attached hydrogens (tertiary/aromatic N) is 1. The van der Waals surface area contributed by atoms with Crippen LogP contribution in [-0.4, -0.2) is 36.2 Å². The Morgan fingerprint density at radius 2 is 2.20 bits per heavy atom. The van der Waals surface area contributed by atoms with E-state index in [-0.39, 0.29) is 6.09 Å². The van der Waals surface area contributed by atoms with Crippen molar-refractivity contribution in [3.8, 4) is 0 Å². The number of halogens is 1. The molecule has 1 aromatic rings. The lowest BCUT2D eigenvalue weighted by Crippen LogP contribution is -2.40. The van der Waals surface area contributed by atoms with Gasteiger partial charge in [0.25, 0.3) is 0 Å². The highest BCUT2D eigenvalue weighted by Crippen LogP contribution is 2.21. The van der Waals surface area contributed by atoms with E-state index in [1.165, 1.54) is 4.88 Å². The largest absolute Gasteiger partial charge is 0.444 e. The molecule has 0 atom stereocenters. The third-order valence-corrected chi connectivity index (χ3v) is 4.49. The standard InChI is InChI=1S/C14H23BrN2O2S/c1-5-17(13(18)19-14(2,3)4)8-7-16-10-12-11(15)6-9-20-12/h6,9,16H,5,7-8,10H2,1-4H3. The van der Waals surface area contributed by atoms with Crippen molar-refractivity contribution in [2.75, 3.05) is 19.6 Å². The summed E-state index contributed by atoms with van der Waals surface area (Å²) in [7, 11) is 0. The predicted molar refractivity (Wildman–Crippen MR) is 87.2 cm³/mol.